The Kier molecular flexibility index (Phi) is 6.04. The molecule has 158 valence electrons. The Morgan fingerprint density at radius 3 is 2.17 bits per heavy atom. The van der Waals surface area contributed by atoms with Crippen LogP contribution in [0.25, 0.3) is 0 Å². The Morgan fingerprint density at radius 1 is 1.07 bits per heavy atom. The minimum absolute atomic E-state index is 0.262. The van der Waals surface area contributed by atoms with Crippen LogP contribution in [0.2, 0.25) is 0 Å². The summed E-state index contributed by atoms with van der Waals surface area (Å²) in [5.74, 6) is 0. The summed E-state index contributed by atoms with van der Waals surface area (Å²) in [6.45, 7) is 1.64. The number of nitrogens with zero attached hydrogens (tertiary/aromatic N) is 1. The molecule has 0 aromatic heterocycles. The van der Waals surface area contributed by atoms with E-state index in [1.807, 2.05) is 4.90 Å². The van der Waals surface area contributed by atoms with Gasteiger partial charge in [0, 0.05) is 17.6 Å². The highest BCUT2D eigenvalue weighted by molar-refractivity contribution is 9.10. The van der Waals surface area contributed by atoms with Gasteiger partial charge in [-0.1, -0.05) is 24.3 Å². The molecule has 0 bridgehead atoms. The summed E-state index contributed by atoms with van der Waals surface area (Å²) in [5, 5.41) is 9.36. The predicted molar refractivity (Wildman–Crippen MR) is 109 cm³/mol. The lowest BCUT2D eigenvalue weighted by Gasteiger charge is -2.34. The third kappa shape index (κ3) is 4.32. The van der Waals surface area contributed by atoms with Crippen LogP contribution in [0.4, 0.5) is 18.9 Å². The van der Waals surface area contributed by atoms with Crippen LogP contribution in [0.1, 0.15) is 25.3 Å². The van der Waals surface area contributed by atoms with Gasteiger partial charge in [-0.3, -0.25) is 0 Å². The van der Waals surface area contributed by atoms with Gasteiger partial charge in [-0.25, -0.2) is 8.42 Å². The number of hydrogen-bond donors (Lipinski definition) is 1. The molecule has 1 heterocycles. The maximum Gasteiger partial charge on any atom is 0.421 e. The molecule has 0 aliphatic carbocycles. The van der Waals surface area contributed by atoms with Crippen LogP contribution in [0.15, 0.2) is 57.9 Å². The highest BCUT2D eigenvalue weighted by Gasteiger charge is 2.51. The zero-order chi connectivity index (χ0) is 21.4. The lowest BCUT2D eigenvalue weighted by Crippen LogP contribution is -2.40. The number of sulfone groups is 1. The molecule has 4 nitrogen and oxygen atoms in total. The van der Waals surface area contributed by atoms with Gasteiger partial charge in [0.1, 0.15) is 0 Å². The highest BCUT2D eigenvalue weighted by Crippen LogP contribution is 2.41. The molecular weight excluding hydrogens is 471 g/mol. The molecule has 1 aliphatic heterocycles. The number of alkyl halides is 3. The number of halogens is 4. The molecule has 29 heavy (non-hydrogen) atoms. The van der Waals surface area contributed by atoms with E-state index < -0.39 is 26.9 Å². The first-order valence-corrected chi connectivity index (χ1v) is 11.4. The lowest BCUT2D eigenvalue weighted by atomic mass is 9.95. The molecule has 1 atom stereocenters. The predicted octanol–water partition coefficient (Wildman–Crippen LogP) is 4.66. The third-order valence-electron chi connectivity index (χ3n) is 5.36. The average molecular weight is 492 g/mol. The Balaban J connectivity index is 1.75. The van der Waals surface area contributed by atoms with Crippen molar-refractivity contribution >= 4 is 31.5 Å². The maximum absolute atomic E-state index is 13.1. The summed E-state index contributed by atoms with van der Waals surface area (Å²) in [5.41, 5.74) is -2.55. The number of hydrogen-bond acceptors (Lipinski definition) is 4. The molecule has 9 heteroatoms. The number of rotatable bonds is 4. The number of aliphatic hydroxyl groups is 1. The first kappa shape index (κ1) is 22.1. The van der Waals surface area contributed by atoms with Crippen LogP contribution in [-0.4, -0.2) is 38.0 Å². The average Bonchev–Trinajstić information content (AvgIpc) is 2.68. The molecule has 2 aromatic rings. The maximum atomic E-state index is 13.1. The molecule has 1 saturated heterocycles. The van der Waals surface area contributed by atoms with Crippen molar-refractivity contribution in [2.24, 2.45) is 0 Å². The van der Waals surface area contributed by atoms with Crippen molar-refractivity contribution in [3.8, 4) is 0 Å². The Morgan fingerprint density at radius 2 is 1.66 bits per heavy atom. The largest absolute Gasteiger partial charge is 0.421 e. The molecule has 3 rings (SSSR count). The monoisotopic (exact) mass is 491 g/mol. The number of anilines is 1. The Labute approximate surface area is 176 Å². The topological polar surface area (TPSA) is 57.6 Å². The van der Waals surface area contributed by atoms with Gasteiger partial charge in [-0.05, 0) is 65.5 Å². The van der Waals surface area contributed by atoms with Gasteiger partial charge in [0.05, 0.1) is 15.8 Å². The zero-order valence-electron chi connectivity index (χ0n) is 15.7. The van der Waals surface area contributed by atoms with E-state index in [1.165, 1.54) is 18.2 Å². The minimum Gasteiger partial charge on any atom is -0.376 e. The van der Waals surface area contributed by atoms with Crippen LogP contribution >= 0.6 is 15.9 Å². The van der Waals surface area contributed by atoms with Crippen LogP contribution in [-0.2, 0) is 15.4 Å². The summed E-state index contributed by atoms with van der Waals surface area (Å²) < 4.78 is 65.2. The van der Waals surface area contributed by atoms with E-state index in [0.29, 0.717) is 47.9 Å². The lowest BCUT2D eigenvalue weighted by molar-refractivity contribution is -0.258. The van der Waals surface area contributed by atoms with Crippen molar-refractivity contribution < 1.29 is 26.7 Å². The van der Waals surface area contributed by atoms with Crippen molar-refractivity contribution in [3.63, 3.8) is 0 Å². The molecule has 1 N–H and O–H groups in total. The quantitative estimate of drug-likeness (QED) is 0.675. The Hall–Kier alpha value is -1.58. The van der Waals surface area contributed by atoms with E-state index in [0.717, 1.165) is 0 Å². The van der Waals surface area contributed by atoms with Crippen LogP contribution < -0.4 is 4.90 Å². The van der Waals surface area contributed by atoms with Gasteiger partial charge in [0.2, 0.25) is 0 Å². The fourth-order valence-corrected chi connectivity index (χ4v) is 5.82. The van der Waals surface area contributed by atoms with E-state index in [2.05, 4.69) is 15.9 Å². The van der Waals surface area contributed by atoms with Crippen LogP contribution in [0, 0.1) is 0 Å². The van der Waals surface area contributed by atoms with Crippen molar-refractivity contribution in [1.29, 1.82) is 0 Å². The summed E-state index contributed by atoms with van der Waals surface area (Å²) in [4.78, 5) is 2.24. The standard InChI is InChI=1S/C20H21BrF3NO3S/c1-19(26,20(22,23)24)14-7-8-18(17(21)13-14)25-11-9-16(10-12-25)29(27,28)15-5-3-2-4-6-15/h2-8,13,16,26H,9-12H2,1H3. The SMILES string of the molecule is CC(O)(c1ccc(N2CCC(S(=O)(=O)c3ccccc3)CC2)c(Br)c1)C(F)(F)F. The van der Waals surface area contributed by atoms with Crippen LogP contribution in [0.3, 0.4) is 0 Å². The van der Waals surface area contributed by atoms with Gasteiger partial charge in [-0.15, -0.1) is 0 Å². The molecule has 1 unspecified atom stereocenters. The first-order chi connectivity index (χ1) is 13.4. The minimum atomic E-state index is -4.79. The van der Waals surface area contributed by atoms with Crippen LogP contribution in [0.5, 0.6) is 0 Å². The van der Waals surface area contributed by atoms with Gasteiger partial charge in [-0.2, -0.15) is 13.2 Å². The van der Waals surface area contributed by atoms with Gasteiger partial charge >= 0.3 is 6.18 Å². The second kappa shape index (κ2) is 7.92. The molecular formula is C20H21BrF3NO3S. The van der Waals surface area contributed by atoms with E-state index >= 15 is 0 Å². The summed E-state index contributed by atoms with van der Waals surface area (Å²) in [6, 6.07) is 12.3. The summed E-state index contributed by atoms with van der Waals surface area (Å²) in [6.07, 6.45) is -3.95. The molecule has 0 radical (unpaired) electrons. The number of benzene rings is 2. The molecule has 2 aromatic carbocycles. The van der Waals surface area contributed by atoms with E-state index in [-0.39, 0.29) is 5.56 Å². The van der Waals surface area contributed by atoms with Gasteiger partial charge in [0.25, 0.3) is 0 Å². The van der Waals surface area contributed by atoms with Crippen molar-refractivity contribution in [1.82, 2.24) is 0 Å². The fraction of sp³-hybridized carbons (Fsp3) is 0.400. The second-order valence-corrected chi connectivity index (χ2v) is 10.4. The fourth-order valence-electron chi connectivity index (χ4n) is 3.44. The van der Waals surface area contributed by atoms with E-state index in [4.69, 9.17) is 0 Å². The van der Waals surface area contributed by atoms with E-state index in [1.54, 1.807) is 30.3 Å². The van der Waals surface area contributed by atoms with E-state index in [9.17, 15) is 26.7 Å². The molecule has 1 aliphatic rings. The summed E-state index contributed by atoms with van der Waals surface area (Å²) >= 11 is 3.29. The second-order valence-electron chi connectivity index (χ2n) is 7.28. The van der Waals surface area contributed by atoms with Gasteiger partial charge < -0.3 is 10.0 Å². The van der Waals surface area contributed by atoms with Crippen molar-refractivity contribution in [2.45, 2.75) is 41.7 Å². The Bertz CT molecular complexity index is 970. The first-order valence-electron chi connectivity index (χ1n) is 9.07. The van der Waals surface area contributed by atoms with Crippen molar-refractivity contribution in [2.75, 3.05) is 18.0 Å². The number of piperidine rings is 1. The molecule has 1 fully saturated rings. The summed E-state index contributed by atoms with van der Waals surface area (Å²) in [7, 11) is -3.42. The van der Waals surface area contributed by atoms with Crippen molar-refractivity contribution in [3.05, 3.63) is 58.6 Å². The molecule has 0 spiro atoms. The highest BCUT2D eigenvalue weighted by atomic mass is 79.9. The zero-order valence-corrected chi connectivity index (χ0v) is 18.1. The third-order valence-corrected chi connectivity index (χ3v) is 8.27. The smallest absolute Gasteiger partial charge is 0.376 e. The molecule has 0 amide bonds. The van der Waals surface area contributed by atoms with Gasteiger partial charge in [0.15, 0.2) is 15.4 Å². The normalized spacial score (nSPS) is 18.5. The molecule has 0 saturated carbocycles.